The maximum Gasteiger partial charge on any atom is 0.191 e. The van der Waals surface area contributed by atoms with Crippen LogP contribution in [0.25, 0.3) is 10.9 Å². The lowest BCUT2D eigenvalue weighted by Gasteiger charge is -2.12. The maximum atomic E-state index is 5.71. The Labute approximate surface area is 172 Å². The van der Waals surface area contributed by atoms with Crippen LogP contribution in [0.1, 0.15) is 18.5 Å². The number of hydrogen-bond donors (Lipinski definition) is 3. The SMILES string of the molecule is CN=C(NCCCOCC1CCOC1)NCc1cc2ccccc2[nH]1.I. The summed E-state index contributed by atoms with van der Waals surface area (Å²) in [5, 5.41) is 7.88. The number of rotatable bonds is 8. The van der Waals surface area contributed by atoms with Crippen molar-refractivity contribution in [3.63, 3.8) is 0 Å². The summed E-state index contributed by atoms with van der Waals surface area (Å²) in [4.78, 5) is 7.67. The summed E-state index contributed by atoms with van der Waals surface area (Å²) >= 11 is 0. The van der Waals surface area contributed by atoms with Crippen LogP contribution >= 0.6 is 24.0 Å². The van der Waals surface area contributed by atoms with Crippen LogP contribution in [-0.4, -0.2) is 51.0 Å². The van der Waals surface area contributed by atoms with Crippen molar-refractivity contribution < 1.29 is 9.47 Å². The van der Waals surface area contributed by atoms with Crippen LogP contribution in [0, 0.1) is 5.92 Å². The van der Waals surface area contributed by atoms with Gasteiger partial charge in [-0.15, -0.1) is 24.0 Å². The van der Waals surface area contributed by atoms with Crippen LogP contribution in [0.4, 0.5) is 0 Å². The van der Waals surface area contributed by atoms with Gasteiger partial charge in [-0.3, -0.25) is 4.99 Å². The van der Waals surface area contributed by atoms with Crippen molar-refractivity contribution in [3.05, 3.63) is 36.0 Å². The van der Waals surface area contributed by atoms with E-state index >= 15 is 0 Å². The number of hydrogen-bond acceptors (Lipinski definition) is 3. The lowest BCUT2D eigenvalue weighted by atomic mass is 10.1. The summed E-state index contributed by atoms with van der Waals surface area (Å²) in [5.41, 5.74) is 2.30. The number of halogens is 1. The fraction of sp³-hybridized carbons (Fsp3) is 0.526. The molecule has 0 radical (unpaired) electrons. The molecule has 26 heavy (non-hydrogen) atoms. The van der Waals surface area contributed by atoms with Gasteiger partial charge < -0.3 is 25.1 Å². The average Bonchev–Trinajstić information content (AvgIpc) is 3.29. The molecule has 0 saturated carbocycles. The second-order valence-corrected chi connectivity index (χ2v) is 6.39. The van der Waals surface area contributed by atoms with Crippen molar-refractivity contribution in [1.29, 1.82) is 0 Å². The monoisotopic (exact) mass is 472 g/mol. The minimum atomic E-state index is 0. The summed E-state index contributed by atoms with van der Waals surface area (Å²) in [6.07, 6.45) is 2.09. The van der Waals surface area contributed by atoms with Gasteiger partial charge in [0.05, 0.1) is 19.8 Å². The number of ether oxygens (including phenoxy) is 2. The molecule has 1 aromatic carbocycles. The van der Waals surface area contributed by atoms with Crippen LogP contribution in [0.3, 0.4) is 0 Å². The van der Waals surface area contributed by atoms with Crippen LogP contribution in [0.5, 0.6) is 0 Å². The number of H-pyrrole nitrogens is 1. The molecule has 2 heterocycles. The number of aromatic amines is 1. The smallest absolute Gasteiger partial charge is 0.191 e. The van der Waals surface area contributed by atoms with Gasteiger partial charge in [0.2, 0.25) is 0 Å². The molecule has 6 nitrogen and oxygen atoms in total. The molecule has 1 fully saturated rings. The van der Waals surface area contributed by atoms with E-state index in [9.17, 15) is 0 Å². The third-order valence-electron chi connectivity index (χ3n) is 4.39. The number of nitrogens with one attached hydrogen (secondary N) is 3. The molecule has 1 aliphatic heterocycles. The third kappa shape index (κ3) is 6.44. The fourth-order valence-electron chi connectivity index (χ4n) is 2.97. The van der Waals surface area contributed by atoms with E-state index in [1.807, 2.05) is 6.07 Å². The van der Waals surface area contributed by atoms with E-state index in [0.29, 0.717) is 12.5 Å². The first-order valence-electron chi connectivity index (χ1n) is 9.02. The fourth-order valence-corrected chi connectivity index (χ4v) is 2.97. The molecule has 0 bridgehead atoms. The molecule has 1 saturated heterocycles. The Morgan fingerprint density at radius 2 is 2.23 bits per heavy atom. The second-order valence-electron chi connectivity index (χ2n) is 6.39. The zero-order chi connectivity index (χ0) is 17.3. The van der Waals surface area contributed by atoms with E-state index < -0.39 is 0 Å². The lowest BCUT2D eigenvalue weighted by molar-refractivity contribution is 0.0888. The first-order chi connectivity index (χ1) is 12.3. The first-order valence-corrected chi connectivity index (χ1v) is 9.02. The van der Waals surface area contributed by atoms with Crippen LogP contribution < -0.4 is 10.6 Å². The van der Waals surface area contributed by atoms with Gasteiger partial charge >= 0.3 is 0 Å². The van der Waals surface area contributed by atoms with Crippen LogP contribution in [0.2, 0.25) is 0 Å². The summed E-state index contributed by atoms with van der Waals surface area (Å²) in [6, 6.07) is 10.5. The molecule has 1 unspecified atom stereocenters. The van der Waals surface area contributed by atoms with Crippen LogP contribution in [0.15, 0.2) is 35.3 Å². The van der Waals surface area contributed by atoms with E-state index in [2.05, 4.69) is 44.9 Å². The van der Waals surface area contributed by atoms with Crippen LogP contribution in [-0.2, 0) is 16.0 Å². The summed E-state index contributed by atoms with van der Waals surface area (Å²) in [6.45, 7) is 4.87. The maximum absolute atomic E-state index is 5.71. The molecular weight excluding hydrogens is 443 g/mol. The highest BCUT2D eigenvalue weighted by Gasteiger charge is 2.15. The lowest BCUT2D eigenvalue weighted by Crippen LogP contribution is -2.37. The highest BCUT2D eigenvalue weighted by molar-refractivity contribution is 14.0. The highest BCUT2D eigenvalue weighted by Crippen LogP contribution is 2.14. The van der Waals surface area contributed by atoms with Gasteiger partial charge in [0.25, 0.3) is 0 Å². The molecule has 0 spiro atoms. The summed E-state index contributed by atoms with van der Waals surface area (Å²) < 4.78 is 11.1. The number of aliphatic imine (C=N–C) groups is 1. The first kappa shape index (κ1) is 21.0. The Bertz CT molecular complexity index is 650. The van der Waals surface area contributed by atoms with E-state index in [1.165, 1.54) is 5.39 Å². The Morgan fingerprint density at radius 3 is 3.00 bits per heavy atom. The molecule has 144 valence electrons. The molecule has 0 amide bonds. The predicted octanol–water partition coefficient (Wildman–Crippen LogP) is 2.89. The quantitative estimate of drug-likeness (QED) is 0.239. The Hall–Kier alpha value is -1.32. The van der Waals surface area contributed by atoms with Gasteiger partial charge in [0.15, 0.2) is 5.96 Å². The second kappa shape index (κ2) is 11.4. The number of nitrogens with zero attached hydrogens (tertiary/aromatic N) is 1. The molecule has 7 heteroatoms. The van der Waals surface area contributed by atoms with Gasteiger partial charge in [-0.1, -0.05) is 18.2 Å². The average molecular weight is 472 g/mol. The Balaban J connectivity index is 0.00000243. The standard InChI is InChI=1S/C19H28N4O2.HI/c1-20-19(21-8-4-9-24-13-15-7-10-25-14-15)22-12-17-11-16-5-2-3-6-18(16)23-17;/h2-3,5-6,11,15,23H,4,7-10,12-14H2,1H3,(H2,20,21,22);1H. The summed E-state index contributed by atoms with van der Waals surface area (Å²) in [7, 11) is 1.79. The molecule has 3 rings (SSSR count). The molecule has 1 atom stereocenters. The van der Waals surface area contributed by atoms with Crippen molar-refractivity contribution >= 4 is 40.8 Å². The zero-order valence-electron chi connectivity index (χ0n) is 15.3. The van der Waals surface area contributed by atoms with E-state index in [1.54, 1.807) is 7.05 Å². The predicted molar refractivity (Wildman–Crippen MR) is 116 cm³/mol. The molecule has 1 aromatic heterocycles. The third-order valence-corrected chi connectivity index (χ3v) is 4.39. The van der Waals surface area contributed by atoms with E-state index in [-0.39, 0.29) is 24.0 Å². The largest absolute Gasteiger partial charge is 0.381 e. The normalized spacial score (nSPS) is 17.3. The van der Waals surface area contributed by atoms with E-state index in [4.69, 9.17) is 9.47 Å². The van der Waals surface area contributed by atoms with Gasteiger partial charge in [-0.05, 0) is 30.4 Å². The summed E-state index contributed by atoms with van der Waals surface area (Å²) in [5.74, 6) is 1.39. The number of guanidine groups is 1. The highest BCUT2D eigenvalue weighted by atomic mass is 127. The van der Waals surface area contributed by atoms with Gasteiger partial charge in [-0.25, -0.2) is 0 Å². The Kier molecular flexibility index (Phi) is 9.21. The van der Waals surface area contributed by atoms with Crippen molar-refractivity contribution in [1.82, 2.24) is 15.6 Å². The zero-order valence-corrected chi connectivity index (χ0v) is 17.6. The molecule has 2 aromatic rings. The van der Waals surface area contributed by atoms with Gasteiger partial charge in [0, 0.05) is 43.9 Å². The van der Waals surface area contributed by atoms with Crippen molar-refractivity contribution in [2.24, 2.45) is 10.9 Å². The number of fused-ring (bicyclic) bond motifs is 1. The van der Waals surface area contributed by atoms with Crippen molar-refractivity contribution in [3.8, 4) is 0 Å². The number of para-hydroxylation sites is 1. The van der Waals surface area contributed by atoms with Gasteiger partial charge in [-0.2, -0.15) is 0 Å². The van der Waals surface area contributed by atoms with Crippen molar-refractivity contribution in [2.75, 3.05) is 40.0 Å². The van der Waals surface area contributed by atoms with E-state index in [0.717, 1.165) is 63.0 Å². The molecule has 1 aliphatic rings. The molecule has 3 N–H and O–H groups in total. The minimum absolute atomic E-state index is 0. The number of aromatic nitrogens is 1. The molecule has 0 aliphatic carbocycles. The van der Waals surface area contributed by atoms with Gasteiger partial charge in [0.1, 0.15) is 0 Å². The molecular formula is C19H29IN4O2. The van der Waals surface area contributed by atoms with Crippen molar-refractivity contribution in [2.45, 2.75) is 19.4 Å². The minimum Gasteiger partial charge on any atom is -0.381 e. The topological polar surface area (TPSA) is 70.7 Å². The Morgan fingerprint density at radius 1 is 1.35 bits per heavy atom. The number of benzene rings is 1.